The van der Waals surface area contributed by atoms with E-state index in [0.29, 0.717) is 0 Å². The normalized spacial score (nSPS) is 22.0. The van der Waals surface area contributed by atoms with Crippen LogP contribution in [0.25, 0.3) is 0 Å². The maximum atomic E-state index is 5.51. The molecule has 4 heteroatoms. The summed E-state index contributed by atoms with van der Waals surface area (Å²) in [7, 11) is 0. The van der Waals surface area contributed by atoms with E-state index in [1.54, 1.807) is 0 Å². The number of hydrogen-bond acceptors (Lipinski definition) is 4. The lowest BCUT2D eigenvalue weighted by Crippen LogP contribution is -2.42. The fraction of sp³-hybridized carbons (Fsp3) is 0.750. The summed E-state index contributed by atoms with van der Waals surface area (Å²) in [6.45, 7) is 5.38. The van der Waals surface area contributed by atoms with Crippen molar-refractivity contribution in [3.05, 3.63) is 17.0 Å². The number of piperazine rings is 1. The Hall–Kier alpha value is -0.870. The van der Waals surface area contributed by atoms with Crippen LogP contribution < -0.4 is 5.32 Å². The molecule has 2 aliphatic rings. The van der Waals surface area contributed by atoms with Crippen molar-refractivity contribution < 1.29 is 4.52 Å². The molecule has 0 bridgehead atoms. The van der Waals surface area contributed by atoms with Gasteiger partial charge in [-0.25, -0.2) is 0 Å². The Labute approximate surface area is 96.0 Å². The van der Waals surface area contributed by atoms with Gasteiger partial charge in [0.05, 0.1) is 12.2 Å². The molecule has 1 fully saturated rings. The van der Waals surface area contributed by atoms with Crippen LogP contribution in [0.3, 0.4) is 0 Å². The number of fused-ring (bicyclic) bond motifs is 1. The number of hydrogen-bond donors (Lipinski definition) is 1. The number of nitrogens with one attached hydrogen (secondary N) is 1. The highest BCUT2D eigenvalue weighted by molar-refractivity contribution is 5.25. The first kappa shape index (κ1) is 10.3. The van der Waals surface area contributed by atoms with Crippen molar-refractivity contribution in [2.45, 2.75) is 32.2 Å². The van der Waals surface area contributed by atoms with Gasteiger partial charge in [-0.2, -0.15) is 0 Å². The second kappa shape index (κ2) is 4.55. The van der Waals surface area contributed by atoms with Gasteiger partial charge < -0.3 is 9.84 Å². The van der Waals surface area contributed by atoms with Crippen molar-refractivity contribution in [1.29, 1.82) is 0 Å². The van der Waals surface area contributed by atoms with Crippen molar-refractivity contribution in [2.24, 2.45) is 0 Å². The molecule has 1 aromatic rings. The Bertz CT molecular complexity index is 355. The second-order valence-corrected chi connectivity index (χ2v) is 4.76. The standard InChI is InChI=1S/C12H19N3O/c1-2-4-11-10(3-1)12(16-14-11)9-15-7-5-13-6-8-15/h13H,1-9H2. The van der Waals surface area contributed by atoms with E-state index < -0.39 is 0 Å². The third-order valence-corrected chi connectivity index (χ3v) is 3.62. The van der Waals surface area contributed by atoms with Gasteiger partial charge in [-0.3, -0.25) is 4.90 Å². The molecule has 1 saturated heterocycles. The predicted molar refractivity (Wildman–Crippen MR) is 61.3 cm³/mol. The zero-order chi connectivity index (χ0) is 10.8. The first-order valence-corrected chi connectivity index (χ1v) is 6.33. The molecule has 0 spiro atoms. The van der Waals surface area contributed by atoms with Gasteiger partial charge >= 0.3 is 0 Å². The van der Waals surface area contributed by atoms with Crippen LogP contribution in [0.2, 0.25) is 0 Å². The van der Waals surface area contributed by atoms with Gasteiger partial charge in [0.2, 0.25) is 0 Å². The molecule has 3 rings (SSSR count). The predicted octanol–water partition coefficient (Wildman–Crippen LogP) is 0.959. The smallest absolute Gasteiger partial charge is 0.154 e. The Balaban J connectivity index is 1.71. The topological polar surface area (TPSA) is 41.3 Å². The molecule has 0 unspecified atom stereocenters. The van der Waals surface area contributed by atoms with Gasteiger partial charge in [0.15, 0.2) is 5.76 Å². The van der Waals surface area contributed by atoms with E-state index in [1.165, 1.54) is 30.5 Å². The molecule has 1 aliphatic heterocycles. The molecule has 2 heterocycles. The number of aryl methyl sites for hydroxylation is 1. The molecule has 1 N–H and O–H groups in total. The summed E-state index contributed by atoms with van der Waals surface area (Å²) in [5.74, 6) is 1.12. The lowest BCUT2D eigenvalue weighted by atomic mass is 9.96. The van der Waals surface area contributed by atoms with E-state index >= 15 is 0 Å². The fourth-order valence-electron chi connectivity index (χ4n) is 2.65. The quantitative estimate of drug-likeness (QED) is 0.807. The highest BCUT2D eigenvalue weighted by atomic mass is 16.5. The first-order valence-electron chi connectivity index (χ1n) is 6.33. The molecule has 4 nitrogen and oxygen atoms in total. The fourth-order valence-corrected chi connectivity index (χ4v) is 2.65. The Morgan fingerprint density at radius 3 is 2.88 bits per heavy atom. The maximum Gasteiger partial charge on any atom is 0.154 e. The molecule has 1 aromatic heterocycles. The molecule has 0 radical (unpaired) electrons. The summed E-state index contributed by atoms with van der Waals surface area (Å²) in [6.07, 6.45) is 4.84. The first-order chi connectivity index (χ1) is 7.93. The van der Waals surface area contributed by atoms with E-state index in [0.717, 1.165) is 44.9 Å². The minimum absolute atomic E-state index is 0.948. The number of aromatic nitrogens is 1. The molecule has 88 valence electrons. The minimum Gasteiger partial charge on any atom is -0.359 e. The maximum absolute atomic E-state index is 5.51. The molecular formula is C12H19N3O. The summed E-state index contributed by atoms with van der Waals surface area (Å²) < 4.78 is 5.51. The van der Waals surface area contributed by atoms with Crippen LogP contribution in [0.15, 0.2) is 4.52 Å². The van der Waals surface area contributed by atoms with E-state index in [4.69, 9.17) is 4.52 Å². The van der Waals surface area contributed by atoms with Crippen molar-refractivity contribution in [3.8, 4) is 0 Å². The van der Waals surface area contributed by atoms with Crippen molar-refractivity contribution >= 4 is 0 Å². The molecule has 0 aromatic carbocycles. The zero-order valence-corrected chi connectivity index (χ0v) is 9.67. The van der Waals surface area contributed by atoms with Gasteiger partial charge in [0.1, 0.15) is 0 Å². The van der Waals surface area contributed by atoms with Gasteiger partial charge in [-0.05, 0) is 25.7 Å². The third-order valence-electron chi connectivity index (χ3n) is 3.62. The van der Waals surface area contributed by atoms with E-state index in [1.807, 2.05) is 0 Å². The van der Waals surface area contributed by atoms with E-state index in [9.17, 15) is 0 Å². The largest absolute Gasteiger partial charge is 0.359 e. The van der Waals surface area contributed by atoms with Crippen molar-refractivity contribution in [3.63, 3.8) is 0 Å². The Morgan fingerprint density at radius 1 is 1.19 bits per heavy atom. The molecule has 0 atom stereocenters. The molecule has 0 saturated carbocycles. The lowest BCUT2D eigenvalue weighted by molar-refractivity contribution is 0.206. The lowest BCUT2D eigenvalue weighted by Gasteiger charge is -2.26. The van der Waals surface area contributed by atoms with Gasteiger partial charge in [-0.1, -0.05) is 5.16 Å². The molecule has 16 heavy (non-hydrogen) atoms. The van der Waals surface area contributed by atoms with E-state index in [2.05, 4.69) is 15.4 Å². The van der Waals surface area contributed by atoms with Crippen LogP contribution >= 0.6 is 0 Å². The Morgan fingerprint density at radius 2 is 2.00 bits per heavy atom. The number of nitrogens with zero attached hydrogens (tertiary/aromatic N) is 2. The van der Waals surface area contributed by atoms with Crippen LogP contribution in [0.4, 0.5) is 0 Å². The summed E-state index contributed by atoms with van der Waals surface area (Å²) >= 11 is 0. The summed E-state index contributed by atoms with van der Waals surface area (Å²) in [4.78, 5) is 2.45. The minimum atomic E-state index is 0.948. The van der Waals surface area contributed by atoms with Gasteiger partial charge in [0.25, 0.3) is 0 Å². The third kappa shape index (κ3) is 1.99. The van der Waals surface area contributed by atoms with E-state index in [-0.39, 0.29) is 0 Å². The Kier molecular flexibility index (Phi) is 2.93. The molecule has 1 aliphatic carbocycles. The SMILES string of the molecule is C1CCc2c(noc2CN2CCNCC2)C1. The summed E-state index contributed by atoms with van der Waals surface area (Å²) in [6, 6.07) is 0. The van der Waals surface area contributed by atoms with Crippen LogP contribution in [0.5, 0.6) is 0 Å². The average molecular weight is 221 g/mol. The summed E-state index contributed by atoms with van der Waals surface area (Å²) in [5, 5.41) is 7.57. The van der Waals surface area contributed by atoms with Gasteiger partial charge in [-0.15, -0.1) is 0 Å². The van der Waals surface area contributed by atoms with Gasteiger partial charge in [0, 0.05) is 31.7 Å². The molecular weight excluding hydrogens is 202 g/mol. The highest BCUT2D eigenvalue weighted by Gasteiger charge is 2.21. The van der Waals surface area contributed by atoms with Crippen LogP contribution in [-0.2, 0) is 19.4 Å². The molecule has 0 amide bonds. The number of rotatable bonds is 2. The average Bonchev–Trinajstić information content (AvgIpc) is 2.74. The van der Waals surface area contributed by atoms with Crippen LogP contribution in [-0.4, -0.2) is 36.2 Å². The monoisotopic (exact) mass is 221 g/mol. The van der Waals surface area contributed by atoms with Crippen molar-refractivity contribution in [1.82, 2.24) is 15.4 Å². The second-order valence-electron chi connectivity index (χ2n) is 4.76. The zero-order valence-electron chi connectivity index (χ0n) is 9.67. The summed E-state index contributed by atoms with van der Waals surface area (Å²) in [5.41, 5.74) is 2.63. The highest BCUT2D eigenvalue weighted by Crippen LogP contribution is 2.24. The van der Waals surface area contributed by atoms with Crippen molar-refractivity contribution in [2.75, 3.05) is 26.2 Å². The van der Waals surface area contributed by atoms with Crippen LogP contribution in [0.1, 0.15) is 29.9 Å². The van der Waals surface area contributed by atoms with Crippen LogP contribution in [0, 0.1) is 0 Å².